The van der Waals surface area contributed by atoms with Gasteiger partial charge in [-0.3, -0.25) is 14.4 Å². The first-order valence-corrected chi connectivity index (χ1v) is 11.1. The highest BCUT2D eigenvalue weighted by Gasteiger charge is 2.35. The van der Waals surface area contributed by atoms with Crippen LogP contribution in [0.4, 0.5) is 16.2 Å². The molecule has 9 heteroatoms. The molecule has 170 valence electrons. The monoisotopic (exact) mass is 440 g/mol. The standard InChI is InChI=1S/C23H28N4O5/c1-15-9-25(23(29)32-6-5-17-11-30-12-17)22-7-18(3-4-21(22)27(15)16(2)28)19-8-24-26(10-19)20-13-31-14-20/h3-4,7-8,10,15,17,20H,5-6,9,11-14H2,1-2H3/t15-/m0/s1. The number of hydrogen-bond acceptors (Lipinski definition) is 6. The van der Waals surface area contributed by atoms with Crippen LogP contribution >= 0.6 is 0 Å². The smallest absolute Gasteiger partial charge is 0.414 e. The predicted molar refractivity (Wildman–Crippen MR) is 118 cm³/mol. The number of benzene rings is 1. The molecule has 3 aliphatic rings. The lowest BCUT2D eigenvalue weighted by atomic mass is 10.0. The summed E-state index contributed by atoms with van der Waals surface area (Å²) in [6, 6.07) is 5.92. The molecule has 3 aliphatic heterocycles. The summed E-state index contributed by atoms with van der Waals surface area (Å²) in [5, 5.41) is 4.46. The molecule has 2 amide bonds. The van der Waals surface area contributed by atoms with E-state index in [9.17, 15) is 9.59 Å². The Balaban J connectivity index is 1.42. The number of carbonyl (C=O) groups excluding carboxylic acids is 2. The summed E-state index contributed by atoms with van der Waals surface area (Å²) >= 11 is 0. The fraction of sp³-hybridized carbons (Fsp3) is 0.522. The summed E-state index contributed by atoms with van der Waals surface area (Å²) in [6.07, 6.45) is 4.22. The van der Waals surface area contributed by atoms with Crippen LogP contribution in [0.5, 0.6) is 0 Å². The van der Waals surface area contributed by atoms with E-state index in [0.717, 1.165) is 30.8 Å². The van der Waals surface area contributed by atoms with Gasteiger partial charge in [-0.1, -0.05) is 6.07 Å². The number of amides is 2. The SMILES string of the molecule is CC(=O)N1c2ccc(-c3cnn(C4COC4)c3)cc2N(C(=O)OCCC2COC2)C[C@@H]1C. The highest BCUT2D eigenvalue weighted by atomic mass is 16.6. The van der Waals surface area contributed by atoms with Gasteiger partial charge in [-0.25, -0.2) is 4.79 Å². The molecule has 0 radical (unpaired) electrons. The van der Waals surface area contributed by atoms with Gasteiger partial charge in [-0.2, -0.15) is 5.10 Å². The fourth-order valence-electron chi connectivity index (χ4n) is 4.36. The molecule has 0 bridgehead atoms. The van der Waals surface area contributed by atoms with Gasteiger partial charge in [0.1, 0.15) is 0 Å². The van der Waals surface area contributed by atoms with Crippen molar-refractivity contribution in [2.45, 2.75) is 32.4 Å². The largest absolute Gasteiger partial charge is 0.449 e. The van der Waals surface area contributed by atoms with Crippen molar-refractivity contribution in [3.05, 3.63) is 30.6 Å². The van der Waals surface area contributed by atoms with Crippen molar-refractivity contribution < 1.29 is 23.8 Å². The Bertz CT molecular complexity index is 1010. The molecule has 0 aliphatic carbocycles. The molecule has 1 aromatic carbocycles. The van der Waals surface area contributed by atoms with Gasteiger partial charge in [0.15, 0.2) is 0 Å². The molecule has 0 spiro atoms. The number of carbonyl (C=O) groups is 2. The summed E-state index contributed by atoms with van der Waals surface area (Å²) in [7, 11) is 0. The van der Waals surface area contributed by atoms with Gasteiger partial charge in [-0.15, -0.1) is 0 Å². The highest BCUT2D eigenvalue weighted by molar-refractivity contribution is 6.03. The highest BCUT2D eigenvalue weighted by Crippen LogP contribution is 2.39. The molecule has 1 aromatic heterocycles. The second-order valence-corrected chi connectivity index (χ2v) is 8.76. The van der Waals surface area contributed by atoms with Crippen LogP contribution in [-0.4, -0.2) is 67.4 Å². The molecule has 1 atom stereocenters. The van der Waals surface area contributed by atoms with E-state index in [4.69, 9.17) is 14.2 Å². The number of nitrogens with zero attached hydrogens (tertiary/aromatic N) is 4. The zero-order valence-corrected chi connectivity index (χ0v) is 18.4. The van der Waals surface area contributed by atoms with Crippen molar-refractivity contribution in [3.63, 3.8) is 0 Å². The summed E-state index contributed by atoms with van der Waals surface area (Å²) in [4.78, 5) is 28.7. The van der Waals surface area contributed by atoms with Crippen molar-refractivity contribution in [2.24, 2.45) is 5.92 Å². The lowest BCUT2D eigenvalue weighted by Gasteiger charge is -2.40. The van der Waals surface area contributed by atoms with Crippen LogP contribution in [0.15, 0.2) is 30.6 Å². The van der Waals surface area contributed by atoms with Crippen LogP contribution in [0.3, 0.4) is 0 Å². The lowest BCUT2D eigenvalue weighted by molar-refractivity contribution is -0.117. The van der Waals surface area contributed by atoms with Crippen molar-refractivity contribution in [1.82, 2.24) is 9.78 Å². The van der Waals surface area contributed by atoms with Crippen LogP contribution in [0.1, 0.15) is 26.3 Å². The second kappa shape index (κ2) is 8.55. The van der Waals surface area contributed by atoms with Gasteiger partial charge in [-0.05, 0) is 31.0 Å². The topological polar surface area (TPSA) is 86.1 Å². The quantitative estimate of drug-likeness (QED) is 0.711. The molecular weight excluding hydrogens is 412 g/mol. The zero-order chi connectivity index (χ0) is 22.2. The lowest BCUT2D eigenvalue weighted by Crippen LogP contribution is -2.51. The first kappa shape index (κ1) is 21.0. The van der Waals surface area contributed by atoms with Crippen LogP contribution in [-0.2, 0) is 19.0 Å². The molecule has 2 fully saturated rings. The van der Waals surface area contributed by atoms with Crippen LogP contribution in [0.2, 0.25) is 0 Å². The first-order chi connectivity index (χ1) is 15.5. The van der Waals surface area contributed by atoms with Crippen molar-refractivity contribution >= 4 is 23.4 Å². The molecule has 5 rings (SSSR count). The third-order valence-corrected chi connectivity index (χ3v) is 6.36. The second-order valence-electron chi connectivity index (χ2n) is 8.76. The minimum atomic E-state index is -0.388. The maximum absolute atomic E-state index is 13.0. The van der Waals surface area contributed by atoms with Gasteiger partial charge >= 0.3 is 6.09 Å². The summed E-state index contributed by atoms with van der Waals surface area (Å²) in [5.41, 5.74) is 3.26. The Morgan fingerprint density at radius 3 is 2.56 bits per heavy atom. The Morgan fingerprint density at radius 1 is 1.12 bits per heavy atom. The summed E-state index contributed by atoms with van der Waals surface area (Å²) in [6.45, 7) is 7.03. The Kier molecular flexibility index (Phi) is 5.60. The average Bonchev–Trinajstić information content (AvgIpc) is 3.16. The van der Waals surface area contributed by atoms with E-state index in [2.05, 4.69) is 5.10 Å². The van der Waals surface area contributed by atoms with Gasteiger partial charge < -0.3 is 19.1 Å². The average molecular weight is 441 g/mol. The molecule has 2 saturated heterocycles. The molecule has 0 saturated carbocycles. The molecule has 9 nitrogen and oxygen atoms in total. The Labute approximate surface area is 186 Å². The molecule has 32 heavy (non-hydrogen) atoms. The summed E-state index contributed by atoms with van der Waals surface area (Å²) < 4.78 is 17.9. The van der Waals surface area contributed by atoms with Crippen molar-refractivity contribution in [2.75, 3.05) is 49.4 Å². The van der Waals surface area contributed by atoms with E-state index in [1.165, 1.54) is 0 Å². The number of anilines is 2. The van der Waals surface area contributed by atoms with Gasteiger partial charge in [0.05, 0.1) is 62.7 Å². The third-order valence-electron chi connectivity index (χ3n) is 6.36. The van der Waals surface area contributed by atoms with Crippen molar-refractivity contribution in [1.29, 1.82) is 0 Å². The minimum absolute atomic E-state index is 0.0534. The van der Waals surface area contributed by atoms with Crippen LogP contribution in [0.25, 0.3) is 11.1 Å². The molecule has 0 N–H and O–H groups in total. The van der Waals surface area contributed by atoms with E-state index >= 15 is 0 Å². The first-order valence-electron chi connectivity index (χ1n) is 11.1. The van der Waals surface area contributed by atoms with Gasteiger partial charge in [0.25, 0.3) is 0 Å². The fourth-order valence-corrected chi connectivity index (χ4v) is 4.36. The van der Waals surface area contributed by atoms with Crippen LogP contribution < -0.4 is 9.80 Å². The van der Waals surface area contributed by atoms with Gasteiger partial charge in [0, 0.05) is 31.1 Å². The van der Waals surface area contributed by atoms with Crippen molar-refractivity contribution in [3.8, 4) is 11.1 Å². The van der Waals surface area contributed by atoms with E-state index in [0.29, 0.717) is 43.7 Å². The molecule has 0 unspecified atom stereocenters. The number of ether oxygens (including phenoxy) is 3. The predicted octanol–water partition coefficient (Wildman–Crippen LogP) is 2.86. The number of fused-ring (bicyclic) bond motifs is 1. The van der Waals surface area contributed by atoms with E-state index in [1.807, 2.05) is 42.2 Å². The van der Waals surface area contributed by atoms with E-state index in [1.54, 1.807) is 16.7 Å². The number of rotatable bonds is 5. The summed E-state index contributed by atoms with van der Waals surface area (Å²) in [5.74, 6) is 0.412. The maximum atomic E-state index is 13.0. The molecular formula is C23H28N4O5. The van der Waals surface area contributed by atoms with E-state index < -0.39 is 0 Å². The van der Waals surface area contributed by atoms with E-state index in [-0.39, 0.29) is 24.1 Å². The Morgan fingerprint density at radius 2 is 1.91 bits per heavy atom. The normalized spacial score (nSPS) is 21.0. The third kappa shape index (κ3) is 3.86. The minimum Gasteiger partial charge on any atom is -0.449 e. The van der Waals surface area contributed by atoms with Gasteiger partial charge in [0.2, 0.25) is 5.91 Å². The number of hydrogen-bond donors (Lipinski definition) is 0. The zero-order valence-electron chi connectivity index (χ0n) is 18.4. The maximum Gasteiger partial charge on any atom is 0.414 e. The number of aromatic nitrogens is 2. The van der Waals surface area contributed by atoms with Crippen LogP contribution in [0, 0.1) is 5.92 Å². The molecule has 4 heterocycles. The molecule has 2 aromatic rings. The Hall–Kier alpha value is -2.91.